The number of likely N-dealkylation sites (tertiary alicyclic amines) is 1. The lowest BCUT2D eigenvalue weighted by atomic mass is 9.89. The number of aryl methyl sites for hydroxylation is 1. The van der Waals surface area contributed by atoms with Crippen molar-refractivity contribution in [1.29, 1.82) is 0 Å². The van der Waals surface area contributed by atoms with Crippen LogP contribution in [-0.4, -0.2) is 35.0 Å². The standard InChI is InChI=1S/C21H19NO4S/c1-13-7-8-17(26-13)18-9-10-19(27-18)20(23)22-11-15(16(12-22)21(24)25)14-5-3-2-4-6-14/h2-10,15-16H,11-12H2,1H3,(H,24,25)/t15-,16+/m0/s1. The van der Waals surface area contributed by atoms with Crippen molar-refractivity contribution in [3.8, 4) is 10.6 Å². The Morgan fingerprint density at radius 2 is 1.85 bits per heavy atom. The normalized spacial score (nSPS) is 19.4. The van der Waals surface area contributed by atoms with Gasteiger partial charge in [0.1, 0.15) is 11.5 Å². The second-order valence-electron chi connectivity index (χ2n) is 6.75. The molecule has 0 radical (unpaired) electrons. The summed E-state index contributed by atoms with van der Waals surface area (Å²) in [5, 5.41) is 9.62. The molecule has 1 N–H and O–H groups in total. The highest BCUT2D eigenvalue weighted by molar-refractivity contribution is 7.17. The zero-order valence-corrected chi connectivity index (χ0v) is 15.6. The van der Waals surface area contributed by atoms with Gasteiger partial charge < -0.3 is 14.4 Å². The van der Waals surface area contributed by atoms with Crippen molar-refractivity contribution < 1.29 is 19.1 Å². The first-order valence-corrected chi connectivity index (χ1v) is 9.58. The minimum absolute atomic E-state index is 0.126. The number of carboxylic acid groups (broad SMARTS) is 1. The Kier molecular flexibility index (Phi) is 4.58. The SMILES string of the molecule is Cc1ccc(-c2ccc(C(=O)N3C[C@@H](C(=O)O)[C@H](c4ccccc4)C3)s2)o1. The number of nitrogens with zero attached hydrogens (tertiary/aromatic N) is 1. The predicted molar refractivity (Wildman–Crippen MR) is 103 cm³/mol. The second kappa shape index (κ2) is 7.04. The van der Waals surface area contributed by atoms with Gasteiger partial charge in [-0.3, -0.25) is 9.59 Å². The van der Waals surface area contributed by atoms with Crippen molar-refractivity contribution in [3.05, 3.63) is 70.8 Å². The Hall–Kier alpha value is -2.86. The van der Waals surface area contributed by atoms with Crippen LogP contribution < -0.4 is 0 Å². The summed E-state index contributed by atoms with van der Waals surface area (Å²) in [6.45, 7) is 2.51. The van der Waals surface area contributed by atoms with Gasteiger partial charge in [0.05, 0.1) is 15.7 Å². The first-order valence-electron chi connectivity index (χ1n) is 8.76. The number of amides is 1. The lowest BCUT2D eigenvalue weighted by molar-refractivity contribution is -0.141. The van der Waals surface area contributed by atoms with E-state index in [4.69, 9.17) is 4.42 Å². The summed E-state index contributed by atoms with van der Waals surface area (Å²) >= 11 is 1.37. The first-order chi connectivity index (χ1) is 13.0. The molecule has 0 saturated carbocycles. The molecular formula is C21H19NO4S. The van der Waals surface area contributed by atoms with Crippen LogP contribution in [0.5, 0.6) is 0 Å². The maximum absolute atomic E-state index is 13.0. The third kappa shape index (κ3) is 3.40. The van der Waals surface area contributed by atoms with Crippen molar-refractivity contribution in [2.45, 2.75) is 12.8 Å². The van der Waals surface area contributed by atoms with Crippen molar-refractivity contribution in [2.75, 3.05) is 13.1 Å². The molecule has 6 heteroatoms. The van der Waals surface area contributed by atoms with Crippen molar-refractivity contribution in [3.63, 3.8) is 0 Å². The molecule has 1 aliphatic rings. The molecule has 4 rings (SSSR count). The van der Waals surface area contributed by atoms with Crippen LogP contribution >= 0.6 is 11.3 Å². The number of furan rings is 1. The number of carbonyl (C=O) groups excluding carboxylic acids is 1. The number of hydrogen-bond donors (Lipinski definition) is 1. The van der Waals surface area contributed by atoms with Gasteiger partial charge in [-0.25, -0.2) is 0 Å². The number of thiophene rings is 1. The summed E-state index contributed by atoms with van der Waals surface area (Å²) in [4.78, 5) is 27.8. The summed E-state index contributed by atoms with van der Waals surface area (Å²) in [7, 11) is 0. The van der Waals surface area contributed by atoms with E-state index >= 15 is 0 Å². The van der Waals surface area contributed by atoms with Gasteiger partial charge in [0.2, 0.25) is 0 Å². The third-order valence-corrected chi connectivity index (χ3v) is 6.04. The quantitative estimate of drug-likeness (QED) is 0.733. The van der Waals surface area contributed by atoms with Crippen LogP contribution in [0.3, 0.4) is 0 Å². The van der Waals surface area contributed by atoms with Gasteiger partial charge in [-0.2, -0.15) is 0 Å². The lowest BCUT2D eigenvalue weighted by Gasteiger charge is -2.15. The lowest BCUT2D eigenvalue weighted by Crippen LogP contribution is -2.29. The predicted octanol–water partition coefficient (Wildman–Crippen LogP) is 4.26. The molecule has 27 heavy (non-hydrogen) atoms. The topological polar surface area (TPSA) is 70.8 Å². The van der Waals surface area contributed by atoms with Gasteiger partial charge in [0.15, 0.2) is 0 Å². The number of benzene rings is 1. The molecule has 0 bridgehead atoms. The van der Waals surface area contributed by atoms with E-state index in [1.54, 1.807) is 11.0 Å². The van der Waals surface area contributed by atoms with Gasteiger partial charge in [-0.15, -0.1) is 11.3 Å². The number of aliphatic carboxylic acids is 1. The molecule has 0 aliphatic carbocycles. The second-order valence-corrected chi connectivity index (χ2v) is 7.83. The van der Waals surface area contributed by atoms with Crippen LogP contribution in [0.25, 0.3) is 10.6 Å². The molecular weight excluding hydrogens is 362 g/mol. The average Bonchev–Trinajstić information content (AvgIpc) is 3.40. The first kappa shape index (κ1) is 17.5. The van der Waals surface area contributed by atoms with E-state index in [9.17, 15) is 14.7 Å². The van der Waals surface area contributed by atoms with Crippen LogP contribution in [0.15, 0.2) is 59.0 Å². The fourth-order valence-corrected chi connectivity index (χ4v) is 4.50. The molecule has 5 nitrogen and oxygen atoms in total. The molecule has 2 aromatic heterocycles. The van der Waals surface area contributed by atoms with Crippen molar-refractivity contribution in [2.24, 2.45) is 5.92 Å². The van der Waals surface area contributed by atoms with Gasteiger partial charge in [-0.1, -0.05) is 30.3 Å². The van der Waals surface area contributed by atoms with Crippen LogP contribution in [0.4, 0.5) is 0 Å². The van der Waals surface area contributed by atoms with Gasteiger partial charge >= 0.3 is 5.97 Å². The Morgan fingerprint density at radius 3 is 2.52 bits per heavy atom. The highest BCUT2D eigenvalue weighted by Crippen LogP contribution is 2.35. The monoisotopic (exact) mass is 381 g/mol. The molecule has 3 aromatic rings. The van der Waals surface area contributed by atoms with Crippen molar-refractivity contribution >= 4 is 23.2 Å². The summed E-state index contributed by atoms with van der Waals surface area (Å²) in [6.07, 6.45) is 0. The van der Waals surface area contributed by atoms with Crippen LogP contribution in [0, 0.1) is 12.8 Å². The molecule has 2 atom stereocenters. The van der Waals surface area contributed by atoms with Gasteiger partial charge in [-0.05, 0) is 36.8 Å². The van der Waals surface area contributed by atoms with E-state index in [0.29, 0.717) is 11.4 Å². The van der Waals surface area contributed by atoms with Gasteiger partial charge in [0, 0.05) is 19.0 Å². The zero-order chi connectivity index (χ0) is 19.0. The minimum atomic E-state index is -0.864. The van der Waals surface area contributed by atoms with Gasteiger partial charge in [0.25, 0.3) is 5.91 Å². The number of carbonyl (C=O) groups is 2. The van der Waals surface area contributed by atoms with Crippen LogP contribution in [0.1, 0.15) is 26.9 Å². The minimum Gasteiger partial charge on any atom is -0.481 e. The van der Waals surface area contributed by atoms with Crippen LogP contribution in [0.2, 0.25) is 0 Å². The Morgan fingerprint density at radius 1 is 1.07 bits per heavy atom. The summed E-state index contributed by atoms with van der Waals surface area (Å²) in [6, 6.07) is 17.0. The molecule has 1 fully saturated rings. The molecule has 138 valence electrons. The van der Waals surface area contributed by atoms with E-state index < -0.39 is 11.9 Å². The van der Waals surface area contributed by atoms with E-state index in [1.165, 1.54) is 11.3 Å². The highest BCUT2D eigenvalue weighted by Gasteiger charge is 2.40. The molecule has 1 amide bonds. The Labute approximate surface area is 160 Å². The maximum Gasteiger partial charge on any atom is 0.308 e. The fourth-order valence-electron chi connectivity index (χ4n) is 3.57. The number of carboxylic acids is 1. The fraction of sp³-hybridized carbons (Fsp3) is 0.238. The molecule has 0 spiro atoms. The highest BCUT2D eigenvalue weighted by atomic mass is 32.1. The summed E-state index contributed by atoms with van der Waals surface area (Å²) in [5.41, 5.74) is 0.957. The Bertz CT molecular complexity index is 975. The molecule has 3 heterocycles. The number of rotatable bonds is 4. The summed E-state index contributed by atoms with van der Waals surface area (Å²) in [5.74, 6) is -0.219. The van der Waals surface area contributed by atoms with E-state index in [-0.39, 0.29) is 18.4 Å². The third-order valence-electron chi connectivity index (χ3n) is 4.95. The molecule has 1 aromatic carbocycles. The van der Waals surface area contributed by atoms with Crippen molar-refractivity contribution in [1.82, 2.24) is 4.90 Å². The maximum atomic E-state index is 13.0. The van der Waals surface area contributed by atoms with E-state index in [0.717, 1.165) is 22.0 Å². The smallest absolute Gasteiger partial charge is 0.308 e. The van der Waals surface area contributed by atoms with Crippen LogP contribution in [-0.2, 0) is 4.79 Å². The van der Waals surface area contributed by atoms with E-state index in [1.807, 2.05) is 55.5 Å². The zero-order valence-electron chi connectivity index (χ0n) is 14.8. The molecule has 1 saturated heterocycles. The molecule has 0 unspecified atom stereocenters. The Balaban J connectivity index is 1.56. The average molecular weight is 381 g/mol. The van der Waals surface area contributed by atoms with E-state index in [2.05, 4.69) is 0 Å². The largest absolute Gasteiger partial charge is 0.481 e. The molecule has 1 aliphatic heterocycles. The number of hydrogen-bond acceptors (Lipinski definition) is 4. The summed E-state index contributed by atoms with van der Waals surface area (Å²) < 4.78 is 5.62.